The lowest BCUT2D eigenvalue weighted by molar-refractivity contribution is -0.139. The largest absolute Gasteiger partial charge is 0.480 e. The van der Waals surface area contributed by atoms with Crippen LogP contribution in [0, 0.1) is 0 Å². The van der Waals surface area contributed by atoms with E-state index < -0.39 is 18.1 Å². The Morgan fingerprint density at radius 3 is 2.93 bits per heavy atom. The van der Waals surface area contributed by atoms with Crippen molar-refractivity contribution in [3.8, 4) is 0 Å². The standard InChI is InChI=1S/C9H13NO3S/c1-6(9(12)13)10-4-8(11)7-2-3-14-5-7/h2-3,5-6,8,10-11H,4H2,1H3,(H,12,13). The molecule has 1 aromatic heterocycles. The molecule has 2 atom stereocenters. The Morgan fingerprint density at radius 1 is 1.71 bits per heavy atom. The molecule has 3 N–H and O–H groups in total. The molecular weight excluding hydrogens is 202 g/mol. The van der Waals surface area contributed by atoms with Gasteiger partial charge >= 0.3 is 5.97 Å². The predicted molar refractivity (Wildman–Crippen MR) is 54.4 cm³/mol. The molecule has 0 aliphatic carbocycles. The van der Waals surface area contributed by atoms with Gasteiger partial charge in [0.05, 0.1) is 6.10 Å². The van der Waals surface area contributed by atoms with Crippen LogP contribution in [0.3, 0.4) is 0 Å². The molecule has 1 heterocycles. The van der Waals surface area contributed by atoms with Crippen LogP contribution in [0.2, 0.25) is 0 Å². The second kappa shape index (κ2) is 5.09. The molecule has 78 valence electrons. The second-order valence-corrected chi connectivity index (χ2v) is 3.82. The molecule has 0 radical (unpaired) electrons. The maximum Gasteiger partial charge on any atom is 0.320 e. The Morgan fingerprint density at radius 2 is 2.43 bits per heavy atom. The second-order valence-electron chi connectivity index (χ2n) is 3.04. The first-order chi connectivity index (χ1) is 6.61. The average Bonchev–Trinajstić information content (AvgIpc) is 2.66. The number of carbonyl (C=O) groups is 1. The molecule has 5 heteroatoms. The lowest BCUT2D eigenvalue weighted by Gasteiger charge is -2.13. The quantitative estimate of drug-likeness (QED) is 0.681. The number of aliphatic carboxylic acids is 1. The van der Waals surface area contributed by atoms with Crippen molar-refractivity contribution < 1.29 is 15.0 Å². The zero-order valence-electron chi connectivity index (χ0n) is 7.80. The topological polar surface area (TPSA) is 69.6 Å². The van der Waals surface area contributed by atoms with Crippen molar-refractivity contribution in [2.75, 3.05) is 6.54 Å². The van der Waals surface area contributed by atoms with E-state index in [4.69, 9.17) is 5.11 Å². The molecule has 4 nitrogen and oxygen atoms in total. The summed E-state index contributed by atoms with van der Waals surface area (Å²) in [5.74, 6) is -0.914. The predicted octanol–water partition coefficient (Wildman–Crippen LogP) is 0.844. The van der Waals surface area contributed by atoms with Gasteiger partial charge in [0.25, 0.3) is 0 Å². The van der Waals surface area contributed by atoms with E-state index in [2.05, 4.69) is 5.32 Å². The van der Waals surface area contributed by atoms with Gasteiger partial charge in [0.1, 0.15) is 6.04 Å². The van der Waals surface area contributed by atoms with E-state index in [0.717, 1.165) is 5.56 Å². The van der Waals surface area contributed by atoms with E-state index in [9.17, 15) is 9.90 Å². The molecule has 0 fully saturated rings. The fourth-order valence-electron chi connectivity index (χ4n) is 0.958. The van der Waals surface area contributed by atoms with Crippen molar-refractivity contribution in [1.29, 1.82) is 0 Å². The molecule has 0 amide bonds. The van der Waals surface area contributed by atoms with E-state index in [1.54, 1.807) is 6.92 Å². The minimum absolute atomic E-state index is 0.254. The van der Waals surface area contributed by atoms with Gasteiger partial charge in [-0.25, -0.2) is 0 Å². The van der Waals surface area contributed by atoms with Gasteiger partial charge in [-0.1, -0.05) is 0 Å². The lowest BCUT2D eigenvalue weighted by Crippen LogP contribution is -2.36. The van der Waals surface area contributed by atoms with Crippen LogP contribution < -0.4 is 5.32 Å². The molecule has 0 saturated carbocycles. The third-order valence-corrected chi connectivity index (χ3v) is 2.62. The summed E-state index contributed by atoms with van der Waals surface area (Å²) in [6.07, 6.45) is -0.636. The van der Waals surface area contributed by atoms with Crippen molar-refractivity contribution in [2.45, 2.75) is 19.1 Å². The minimum atomic E-state index is -0.914. The van der Waals surface area contributed by atoms with Crippen LogP contribution in [0.4, 0.5) is 0 Å². The Bertz CT molecular complexity index is 286. The van der Waals surface area contributed by atoms with Gasteiger partial charge in [0.2, 0.25) is 0 Å². The Labute approximate surface area is 86.2 Å². The first-order valence-corrected chi connectivity index (χ1v) is 5.22. The van der Waals surface area contributed by atoms with E-state index >= 15 is 0 Å². The summed E-state index contributed by atoms with van der Waals surface area (Å²) in [6.45, 7) is 1.80. The monoisotopic (exact) mass is 215 g/mol. The van der Waals surface area contributed by atoms with E-state index in [-0.39, 0.29) is 6.54 Å². The van der Waals surface area contributed by atoms with Gasteiger partial charge in [-0.3, -0.25) is 4.79 Å². The van der Waals surface area contributed by atoms with Crippen molar-refractivity contribution >= 4 is 17.3 Å². The summed E-state index contributed by atoms with van der Waals surface area (Å²) >= 11 is 1.50. The summed E-state index contributed by atoms with van der Waals surface area (Å²) in [5.41, 5.74) is 0.820. The SMILES string of the molecule is CC(NCC(O)c1ccsc1)C(=O)O. The minimum Gasteiger partial charge on any atom is -0.480 e. The third kappa shape index (κ3) is 3.10. The fourth-order valence-corrected chi connectivity index (χ4v) is 1.67. The molecule has 14 heavy (non-hydrogen) atoms. The molecule has 0 aromatic carbocycles. The molecule has 0 saturated heterocycles. The highest BCUT2D eigenvalue weighted by atomic mass is 32.1. The number of thiophene rings is 1. The number of nitrogens with one attached hydrogen (secondary N) is 1. The number of carboxylic acids is 1. The maximum atomic E-state index is 10.5. The molecule has 0 spiro atoms. The number of hydrogen-bond acceptors (Lipinski definition) is 4. The fraction of sp³-hybridized carbons (Fsp3) is 0.444. The van der Waals surface area contributed by atoms with Gasteiger partial charge in [-0.2, -0.15) is 11.3 Å². The number of aliphatic hydroxyl groups is 1. The molecular formula is C9H13NO3S. The van der Waals surface area contributed by atoms with Crippen LogP contribution in [-0.4, -0.2) is 28.8 Å². The van der Waals surface area contributed by atoms with E-state index in [0.29, 0.717) is 0 Å². The van der Waals surface area contributed by atoms with Crippen molar-refractivity contribution in [2.24, 2.45) is 0 Å². The van der Waals surface area contributed by atoms with Crippen LogP contribution in [0.15, 0.2) is 16.8 Å². The summed E-state index contributed by atoms with van der Waals surface area (Å²) < 4.78 is 0. The molecule has 2 unspecified atom stereocenters. The summed E-state index contributed by atoms with van der Waals surface area (Å²) in [5, 5.41) is 24.6. The van der Waals surface area contributed by atoms with Gasteiger partial charge in [0.15, 0.2) is 0 Å². The smallest absolute Gasteiger partial charge is 0.320 e. The Kier molecular flexibility index (Phi) is 4.06. The van der Waals surface area contributed by atoms with Gasteiger partial charge in [0, 0.05) is 6.54 Å². The number of aliphatic hydroxyl groups excluding tert-OH is 1. The highest BCUT2D eigenvalue weighted by Crippen LogP contribution is 2.15. The molecule has 0 aliphatic heterocycles. The number of carboxylic acid groups (broad SMARTS) is 1. The van der Waals surface area contributed by atoms with Crippen LogP contribution >= 0.6 is 11.3 Å². The third-order valence-electron chi connectivity index (χ3n) is 1.92. The lowest BCUT2D eigenvalue weighted by atomic mass is 10.2. The van der Waals surface area contributed by atoms with Gasteiger partial charge in [-0.15, -0.1) is 0 Å². The van der Waals surface area contributed by atoms with Crippen molar-refractivity contribution in [3.05, 3.63) is 22.4 Å². The number of rotatable bonds is 5. The van der Waals surface area contributed by atoms with Gasteiger partial charge < -0.3 is 15.5 Å². The first kappa shape index (κ1) is 11.2. The maximum absolute atomic E-state index is 10.5. The zero-order chi connectivity index (χ0) is 10.6. The summed E-state index contributed by atoms with van der Waals surface area (Å²) in [4.78, 5) is 10.5. The van der Waals surface area contributed by atoms with Crippen LogP contribution in [0.5, 0.6) is 0 Å². The van der Waals surface area contributed by atoms with Crippen LogP contribution in [0.25, 0.3) is 0 Å². The first-order valence-electron chi connectivity index (χ1n) is 4.27. The molecule has 1 rings (SSSR count). The molecule has 0 aliphatic rings. The summed E-state index contributed by atoms with van der Waals surface area (Å²) in [6, 6.07) is 1.19. The normalized spacial score (nSPS) is 15.0. The molecule has 1 aromatic rings. The van der Waals surface area contributed by atoms with E-state index in [1.165, 1.54) is 11.3 Å². The number of hydrogen-bond donors (Lipinski definition) is 3. The highest BCUT2D eigenvalue weighted by Gasteiger charge is 2.13. The van der Waals surface area contributed by atoms with Crippen LogP contribution in [-0.2, 0) is 4.79 Å². The Balaban J connectivity index is 2.35. The Hall–Kier alpha value is -0.910. The average molecular weight is 215 g/mol. The van der Waals surface area contributed by atoms with Crippen molar-refractivity contribution in [1.82, 2.24) is 5.32 Å². The van der Waals surface area contributed by atoms with E-state index in [1.807, 2.05) is 16.8 Å². The van der Waals surface area contributed by atoms with Crippen molar-refractivity contribution in [3.63, 3.8) is 0 Å². The molecule has 0 bridgehead atoms. The highest BCUT2D eigenvalue weighted by molar-refractivity contribution is 7.07. The van der Waals surface area contributed by atoms with Gasteiger partial charge in [-0.05, 0) is 29.3 Å². The van der Waals surface area contributed by atoms with Crippen LogP contribution in [0.1, 0.15) is 18.6 Å². The summed E-state index contributed by atoms with van der Waals surface area (Å²) in [7, 11) is 0. The zero-order valence-corrected chi connectivity index (χ0v) is 8.62.